The third-order valence-corrected chi connectivity index (χ3v) is 3.35. The zero-order chi connectivity index (χ0) is 16.7. The summed E-state index contributed by atoms with van der Waals surface area (Å²) in [5.41, 5.74) is 7.44. The second-order valence-electron chi connectivity index (χ2n) is 5.56. The smallest absolute Gasteiger partial charge is 0.245 e. The molecule has 0 spiro atoms. The summed E-state index contributed by atoms with van der Waals surface area (Å²) in [4.78, 5) is 14.3. The van der Waals surface area contributed by atoms with Crippen LogP contribution in [0.3, 0.4) is 0 Å². The van der Waals surface area contributed by atoms with Crippen molar-refractivity contribution in [2.75, 3.05) is 32.6 Å². The van der Waals surface area contributed by atoms with Gasteiger partial charge in [-0.1, -0.05) is 36.4 Å². The van der Waals surface area contributed by atoms with E-state index in [9.17, 15) is 4.79 Å². The van der Waals surface area contributed by atoms with E-state index >= 15 is 0 Å². The van der Waals surface area contributed by atoms with E-state index in [0.717, 1.165) is 17.9 Å². The molecule has 2 rings (SSSR count). The van der Waals surface area contributed by atoms with Crippen molar-refractivity contribution in [3.05, 3.63) is 60.2 Å². The molecule has 1 amide bonds. The maximum absolute atomic E-state index is 12.2. The van der Waals surface area contributed by atoms with Crippen molar-refractivity contribution in [2.24, 2.45) is 5.73 Å². The minimum absolute atomic E-state index is 0.248. The maximum atomic E-state index is 12.2. The summed E-state index contributed by atoms with van der Waals surface area (Å²) in [5.74, 6) is 0.472. The second-order valence-corrected chi connectivity index (χ2v) is 5.56. The van der Waals surface area contributed by atoms with Crippen LogP contribution in [-0.2, 0) is 4.79 Å². The molecule has 2 aromatic rings. The van der Waals surface area contributed by atoms with Gasteiger partial charge in [0.1, 0.15) is 18.4 Å². The van der Waals surface area contributed by atoms with E-state index in [1.165, 1.54) is 0 Å². The van der Waals surface area contributed by atoms with E-state index < -0.39 is 6.04 Å². The average molecular weight is 313 g/mol. The first-order valence-corrected chi connectivity index (χ1v) is 7.55. The van der Waals surface area contributed by atoms with Gasteiger partial charge in [0, 0.05) is 18.3 Å². The van der Waals surface area contributed by atoms with Gasteiger partial charge in [0.25, 0.3) is 0 Å². The van der Waals surface area contributed by atoms with Crippen LogP contribution in [0.4, 0.5) is 5.69 Å². The third-order valence-electron chi connectivity index (χ3n) is 3.35. The molecule has 0 aliphatic heterocycles. The van der Waals surface area contributed by atoms with Gasteiger partial charge in [-0.3, -0.25) is 4.79 Å². The summed E-state index contributed by atoms with van der Waals surface area (Å²) in [6.45, 7) is 1.42. The molecule has 3 N–H and O–H groups in total. The van der Waals surface area contributed by atoms with Crippen molar-refractivity contribution < 1.29 is 9.53 Å². The first-order chi connectivity index (χ1) is 11.1. The molecule has 0 saturated heterocycles. The lowest BCUT2D eigenvalue weighted by Gasteiger charge is -2.14. The molecule has 0 aromatic heterocycles. The molecule has 0 saturated carbocycles. The third kappa shape index (κ3) is 5.39. The van der Waals surface area contributed by atoms with Gasteiger partial charge in [-0.2, -0.15) is 0 Å². The predicted octanol–water partition coefficient (Wildman–Crippen LogP) is 2.27. The molecule has 1 unspecified atom stereocenters. The number of hydrogen-bond donors (Lipinski definition) is 2. The number of amides is 1. The van der Waals surface area contributed by atoms with E-state index in [4.69, 9.17) is 10.5 Å². The predicted molar refractivity (Wildman–Crippen MR) is 92.5 cm³/mol. The highest BCUT2D eigenvalue weighted by Gasteiger charge is 2.15. The SMILES string of the molecule is CN(C)CCOc1cccc(NC(=O)C(N)c2ccccc2)c1. The van der Waals surface area contributed by atoms with Crippen molar-refractivity contribution in [3.63, 3.8) is 0 Å². The van der Waals surface area contributed by atoms with Gasteiger partial charge in [-0.05, 0) is 31.8 Å². The fourth-order valence-corrected chi connectivity index (χ4v) is 2.04. The molecular formula is C18H23N3O2. The summed E-state index contributed by atoms with van der Waals surface area (Å²) < 4.78 is 5.66. The second kappa shape index (κ2) is 8.31. The van der Waals surface area contributed by atoms with E-state index in [2.05, 4.69) is 5.32 Å². The lowest BCUT2D eigenvalue weighted by Crippen LogP contribution is -2.27. The van der Waals surface area contributed by atoms with Gasteiger partial charge in [0.2, 0.25) is 5.91 Å². The summed E-state index contributed by atoms with van der Waals surface area (Å²) in [6, 6.07) is 15.9. The van der Waals surface area contributed by atoms with Crippen LogP contribution >= 0.6 is 0 Å². The first-order valence-electron chi connectivity index (χ1n) is 7.55. The number of nitrogens with two attached hydrogens (primary N) is 1. The minimum atomic E-state index is -0.700. The standard InChI is InChI=1S/C18H23N3O2/c1-21(2)11-12-23-16-10-6-9-15(13-16)20-18(22)17(19)14-7-4-3-5-8-14/h3-10,13,17H,11-12,19H2,1-2H3,(H,20,22). The molecule has 2 aromatic carbocycles. The van der Waals surface area contributed by atoms with Gasteiger partial charge in [-0.25, -0.2) is 0 Å². The van der Waals surface area contributed by atoms with Crippen LogP contribution in [-0.4, -0.2) is 38.1 Å². The topological polar surface area (TPSA) is 67.6 Å². The van der Waals surface area contributed by atoms with Crippen LogP contribution in [0.2, 0.25) is 0 Å². The largest absolute Gasteiger partial charge is 0.492 e. The summed E-state index contributed by atoms with van der Waals surface area (Å²) >= 11 is 0. The van der Waals surface area contributed by atoms with E-state index in [1.807, 2.05) is 67.5 Å². The molecule has 0 bridgehead atoms. The van der Waals surface area contributed by atoms with Crippen molar-refractivity contribution >= 4 is 11.6 Å². The lowest BCUT2D eigenvalue weighted by molar-refractivity contribution is -0.117. The highest BCUT2D eigenvalue weighted by molar-refractivity contribution is 5.95. The Bertz CT molecular complexity index is 629. The van der Waals surface area contributed by atoms with Crippen molar-refractivity contribution in [1.29, 1.82) is 0 Å². The Balaban J connectivity index is 1.95. The maximum Gasteiger partial charge on any atom is 0.245 e. The normalized spacial score (nSPS) is 12.0. The highest BCUT2D eigenvalue weighted by atomic mass is 16.5. The molecular weight excluding hydrogens is 290 g/mol. The number of benzene rings is 2. The highest BCUT2D eigenvalue weighted by Crippen LogP contribution is 2.19. The van der Waals surface area contributed by atoms with Crippen LogP contribution in [0.15, 0.2) is 54.6 Å². The number of ether oxygens (including phenoxy) is 1. The summed E-state index contributed by atoms with van der Waals surface area (Å²) in [5, 5.41) is 2.83. The molecule has 0 heterocycles. The number of rotatable bonds is 7. The molecule has 23 heavy (non-hydrogen) atoms. The van der Waals surface area contributed by atoms with E-state index in [1.54, 1.807) is 6.07 Å². The van der Waals surface area contributed by atoms with Gasteiger partial charge < -0.3 is 20.7 Å². The zero-order valence-electron chi connectivity index (χ0n) is 13.5. The van der Waals surface area contributed by atoms with Crippen molar-refractivity contribution in [2.45, 2.75) is 6.04 Å². The Kier molecular flexibility index (Phi) is 6.14. The number of nitrogens with zero attached hydrogens (tertiary/aromatic N) is 1. The average Bonchev–Trinajstić information content (AvgIpc) is 2.55. The van der Waals surface area contributed by atoms with Gasteiger partial charge in [0.15, 0.2) is 0 Å². The van der Waals surface area contributed by atoms with Crippen LogP contribution in [0.5, 0.6) is 5.75 Å². The molecule has 1 atom stereocenters. The number of carbonyl (C=O) groups excluding carboxylic acids is 1. The number of hydrogen-bond acceptors (Lipinski definition) is 4. The first kappa shape index (κ1) is 17.0. The van der Waals surface area contributed by atoms with E-state index in [-0.39, 0.29) is 5.91 Å². The van der Waals surface area contributed by atoms with Crippen LogP contribution in [0, 0.1) is 0 Å². The molecule has 0 fully saturated rings. The van der Waals surface area contributed by atoms with Crippen LogP contribution in [0.1, 0.15) is 11.6 Å². The molecule has 0 aliphatic rings. The van der Waals surface area contributed by atoms with Gasteiger partial charge in [0.05, 0.1) is 0 Å². The molecule has 5 nitrogen and oxygen atoms in total. The quantitative estimate of drug-likeness (QED) is 0.823. The Hall–Kier alpha value is -2.37. The van der Waals surface area contributed by atoms with Gasteiger partial charge >= 0.3 is 0 Å². The van der Waals surface area contributed by atoms with Crippen molar-refractivity contribution in [1.82, 2.24) is 4.90 Å². The molecule has 5 heteroatoms. The zero-order valence-corrected chi connectivity index (χ0v) is 13.5. The fourth-order valence-electron chi connectivity index (χ4n) is 2.04. The van der Waals surface area contributed by atoms with Crippen LogP contribution in [0.25, 0.3) is 0 Å². The number of nitrogens with one attached hydrogen (secondary N) is 1. The molecule has 122 valence electrons. The fraction of sp³-hybridized carbons (Fsp3) is 0.278. The molecule has 0 aliphatic carbocycles. The number of anilines is 1. The minimum Gasteiger partial charge on any atom is -0.492 e. The van der Waals surface area contributed by atoms with Crippen molar-refractivity contribution in [3.8, 4) is 5.75 Å². The van der Waals surface area contributed by atoms with Crippen LogP contribution < -0.4 is 15.8 Å². The summed E-state index contributed by atoms with van der Waals surface area (Å²) in [6.07, 6.45) is 0. The Morgan fingerprint density at radius 1 is 1.17 bits per heavy atom. The Morgan fingerprint density at radius 2 is 1.91 bits per heavy atom. The number of carbonyl (C=O) groups is 1. The summed E-state index contributed by atoms with van der Waals surface area (Å²) in [7, 11) is 3.98. The monoisotopic (exact) mass is 313 g/mol. The van der Waals surface area contributed by atoms with Gasteiger partial charge in [-0.15, -0.1) is 0 Å². The Morgan fingerprint density at radius 3 is 2.61 bits per heavy atom. The molecule has 0 radical (unpaired) electrons. The number of likely N-dealkylation sites (N-methyl/N-ethyl adjacent to an activating group) is 1. The van der Waals surface area contributed by atoms with E-state index in [0.29, 0.717) is 12.3 Å². The Labute approximate surface area is 137 Å². The lowest BCUT2D eigenvalue weighted by atomic mass is 10.1.